The van der Waals surface area contributed by atoms with Crippen molar-refractivity contribution in [3.05, 3.63) is 60.1 Å². The van der Waals surface area contributed by atoms with Crippen LogP contribution >= 0.6 is 0 Å². The Morgan fingerprint density at radius 2 is 2.08 bits per heavy atom. The molecule has 2 heterocycles. The highest BCUT2D eigenvalue weighted by Crippen LogP contribution is 2.21. The molecule has 0 fully saturated rings. The minimum absolute atomic E-state index is 0.109. The van der Waals surface area contributed by atoms with Crippen LogP contribution in [0.25, 0.3) is 17.0 Å². The van der Waals surface area contributed by atoms with E-state index < -0.39 is 5.60 Å². The molecule has 1 atom stereocenters. The maximum Gasteiger partial charge on any atom is 0.244 e. The van der Waals surface area contributed by atoms with Gasteiger partial charge in [-0.05, 0) is 19.1 Å². The van der Waals surface area contributed by atoms with Gasteiger partial charge in [-0.3, -0.25) is 9.48 Å². The van der Waals surface area contributed by atoms with E-state index in [1.165, 1.54) is 6.08 Å². The van der Waals surface area contributed by atoms with Crippen LogP contribution in [0.1, 0.15) is 18.1 Å². The Bertz CT molecular complexity index is 934. The Morgan fingerprint density at radius 1 is 1.32 bits per heavy atom. The molecule has 0 aliphatic rings. The predicted octanol–water partition coefficient (Wildman–Crippen LogP) is 1.95. The number of rotatable bonds is 5. The molecule has 1 amide bonds. The van der Waals surface area contributed by atoms with E-state index in [1.54, 1.807) is 37.1 Å². The van der Waals surface area contributed by atoms with Gasteiger partial charge in [0.05, 0.1) is 12.7 Å². The van der Waals surface area contributed by atoms with Crippen LogP contribution in [-0.2, 0) is 24.5 Å². The minimum Gasteiger partial charge on any atom is -0.383 e. The molecule has 1 unspecified atom stereocenters. The highest BCUT2D eigenvalue weighted by molar-refractivity contribution is 5.96. The fourth-order valence-electron chi connectivity index (χ4n) is 2.79. The number of para-hydroxylation sites is 1. The van der Waals surface area contributed by atoms with Gasteiger partial charge >= 0.3 is 0 Å². The van der Waals surface area contributed by atoms with Gasteiger partial charge in [-0.25, -0.2) is 0 Å². The first kappa shape index (κ1) is 17.0. The summed E-state index contributed by atoms with van der Waals surface area (Å²) in [6, 6.07) is 8.03. The smallest absolute Gasteiger partial charge is 0.244 e. The van der Waals surface area contributed by atoms with Crippen molar-refractivity contribution in [2.75, 3.05) is 6.54 Å². The van der Waals surface area contributed by atoms with Crippen LogP contribution in [0.5, 0.6) is 0 Å². The SMILES string of the molecule is Cn1cc(C(C)(O)CNC(=O)C=Cc2cn(C)c3ccccc23)cn1. The summed E-state index contributed by atoms with van der Waals surface area (Å²) in [5.74, 6) is -0.253. The highest BCUT2D eigenvalue weighted by Gasteiger charge is 2.24. The molecule has 3 aromatic rings. The predicted molar refractivity (Wildman–Crippen MR) is 97.7 cm³/mol. The Morgan fingerprint density at radius 3 is 2.80 bits per heavy atom. The molecule has 1 aromatic carbocycles. The van der Waals surface area contributed by atoms with Crippen molar-refractivity contribution in [3.8, 4) is 0 Å². The average Bonchev–Trinajstić information content (AvgIpc) is 3.16. The van der Waals surface area contributed by atoms with Crippen LogP contribution in [-0.4, -0.2) is 31.9 Å². The standard InChI is InChI=1S/C19H22N4O2/c1-19(25,15-10-21-23(3)12-15)13-20-18(24)9-8-14-11-22(2)17-7-5-4-6-16(14)17/h4-12,25H,13H2,1-3H3,(H,20,24). The van der Waals surface area contributed by atoms with Crippen molar-refractivity contribution < 1.29 is 9.90 Å². The number of fused-ring (bicyclic) bond motifs is 1. The van der Waals surface area contributed by atoms with Gasteiger partial charge < -0.3 is 15.0 Å². The largest absolute Gasteiger partial charge is 0.383 e. The van der Waals surface area contributed by atoms with E-state index in [9.17, 15) is 9.90 Å². The molecule has 2 N–H and O–H groups in total. The molecule has 130 valence electrons. The second kappa shape index (κ2) is 6.57. The van der Waals surface area contributed by atoms with E-state index in [1.807, 2.05) is 42.1 Å². The monoisotopic (exact) mass is 338 g/mol. The normalized spacial score (nSPS) is 14.1. The zero-order valence-corrected chi connectivity index (χ0v) is 14.6. The number of hydrogen-bond donors (Lipinski definition) is 2. The number of carbonyl (C=O) groups excluding carboxylic acids is 1. The molecular weight excluding hydrogens is 316 g/mol. The Hall–Kier alpha value is -2.86. The molecule has 0 spiro atoms. The van der Waals surface area contributed by atoms with Gasteiger partial charge in [0.2, 0.25) is 5.91 Å². The van der Waals surface area contributed by atoms with Crippen LogP contribution < -0.4 is 5.32 Å². The molecule has 0 saturated heterocycles. The summed E-state index contributed by atoms with van der Waals surface area (Å²) in [4.78, 5) is 12.1. The number of nitrogens with one attached hydrogen (secondary N) is 1. The van der Waals surface area contributed by atoms with Crippen molar-refractivity contribution in [2.45, 2.75) is 12.5 Å². The first-order valence-corrected chi connectivity index (χ1v) is 8.08. The molecule has 0 aliphatic heterocycles. The molecular formula is C19H22N4O2. The van der Waals surface area contributed by atoms with Crippen molar-refractivity contribution in [2.24, 2.45) is 14.1 Å². The van der Waals surface area contributed by atoms with Crippen LogP contribution in [0.3, 0.4) is 0 Å². The first-order chi connectivity index (χ1) is 11.9. The Balaban J connectivity index is 1.67. The van der Waals surface area contributed by atoms with Crippen molar-refractivity contribution in [1.29, 1.82) is 0 Å². The molecule has 0 saturated carbocycles. The maximum atomic E-state index is 12.1. The molecule has 0 bridgehead atoms. The summed E-state index contributed by atoms with van der Waals surface area (Å²) < 4.78 is 3.64. The van der Waals surface area contributed by atoms with Gasteiger partial charge in [-0.15, -0.1) is 0 Å². The van der Waals surface area contributed by atoms with Gasteiger partial charge in [0, 0.05) is 54.6 Å². The lowest BCUT2D eigenvalue weighted by molar-refractivity contribution is -0.117. The summed E-state index contributed by atoms with van der Waals surface area (Å²) in [5, 5.41) is 18.4. The lowest BCUT2D eigenvalue weighted by Gasteiger charge is -2.21. The third-order valence-electron chi connectivity index (χ3n) is 4.28. The fraction of sp³-hybridized carbons (Fsp3) is 0.263. The van der Waals surface area contributed by atoms with E-state index >= 15 is 0 Å². The maximum absolute atomic E-state index is 12.1. The molecule has 0 aliphatic carbocycles. The zero-order valence-electron chi connectivity index (χ0n) is 14.6. The number of benzene rings is 1. The van der Waals surface area contributed by atoms with E-state index in [4.69, 9.17) is 0 Å². The van der Waals surface area contributed by atoms with E-state index in [2.05, 4.69) is 10.4 Å². The van der Waals surface area contributed by atoms with Gasteiger partial charge in [0.1, 0.15) is 5.60 Å². The van der Waals surface area contributed by atoms with E-state index in [0.717, 1.165) is 16.5 Å². The van der Waals surface area contributed by atoms with Crippen LogP contribution in [0.15, 0.2) is 48.9 Å². The van der Waals surface area contributed by atoms with E-state index in [0.29, 0.717) is 5.56 Å². The van der Waals surface area contributed by atoms with Crippen LogP contribution in [0.2, 0.25) is 0 Å². The van der Waals surface area contributed by atoms with Crippen molar-refractivity contribution in [3.63, 3.8) is 0 Å². The quantitative estimate of drug-likeness (QED) is 0.699. The number of amides is 1. The van der Waals surface area contributed by atoms with Crippen molar-refractivity contribution in [1.82, 2.24) is 19.7 Å². The second-order valence-electron chi connectivity index (χ2n) is 6.44. The third-order valence-corrected chi connectivity index (χ3v) is 4.28. The Kier molecular flexibility index (Phi) is 4.46. The van der Waals surface area contributed by atoms with Gasteiger partial charge in [-0.2, -0.15) is 5.10 Å². The van der Waals surface area contributed by atoms with Crippen molar-refractivity contribution >= 4 is 22.9 Å². The molecule has 6 heteroatoms. The fourth-order valence-corrected chi connectivity index (χ4v) is 2.79. The van der Waals surface area contributed by atoms with Crippen LogP contribution in [0, 0.1) is 0 Å². The van der Waals surface area contributed by atoms with Gasteiger partial charge in [-0.1, -0.05) is 18.2 Å². The lowest BCUT2D eigenvalue weighted by atomic mass is 10.00. The molecule has 25 heavy (non-hydrogen) atoms. The summed E-state index contributed by atoms with van der Waals surface area (Å²) in [7, 11) is 3.76. The highest BCUT2D eigenvalue weighted by atomic mass is 16.3. The summed E-state index contributed by atoms with van der Waals surface area (Å²) in [6.07, 6.45) is 8.59. The first-order valence-electron chi connectivity index (χ1n) is 8.08. The average molecular weight is 338 g/mol. The number of aromatic nitrogens is 3. The third kappa shape index (κ3) is 3.64. The van der Waals surface area contributed by atoms with Crippen LogP contribution in [0.4, 0.5) is 0 Å². The summed E-state index contributed by atoms with van der Waals surface area (Å²) >= 11 is 0. The zero-order chi connectivity index (χ0) is 18.0. The number of nitrogens with zero attached hydrogens (tertiary/aromatic N) is 3. The Labute approximate surface area is 146 Å². The number of hydrogen-bond acceptors (Lipinski definition) is 3. The summed E-state index contributed by atoms with van der Waals surface area (Å²) in [6.45, 7) is 1.76. The minimum atomic E-state index is -1.17. The molecule has 0 radical (unpaired) electrons. The molecule has 3 rings (SSSR count). The summed E-state index contributed by atoms with van der Waals surface area (Å²) in [5.41, 5.74) is 1.58. The second-order valence-corrected chi connectivity index (χ2v) is 6.44. The topological polar surface area (TPSA) is 72.1 Å². The van der Waals surface area contributed by atoms with E-state index in [-0.39, 0.29) is 12.5 Å². The number of aryl methyl sites for hydroxylation is 2. The number of carbonyl (C=O) groups is 1. The molecule has 6 nitrogen and oxygen atoms in total. The van der Waals surface area contributed by atoms with Gasteiger partial charge in [0.25, 0.3) is 0 Å². The molecule has 2 aromatic heterocycles. The van der Waals surface area contributed by atoms with Gasteiger partial charge in [0.15, 0.2) is 0 Å². The lowest BCUT2D eigenvalue weighted by Crippen LogP contribution is -2.37. The number of aliphatic hydroxyl groups is 1.